The van der Waals surface area contributed by atoms with E-state index in [-0.39, 0.29) is 5.91 Å². The summed E-state index contributed by atoms with van der Waals surface area (Å²) in [6, 6.07) is 9.18. The molecule has 21 heavy (non-hydrogen) atoms. The van der Waals surface area contributed by atoms with E-state index in [0.717, 1.165) is 11.2 Å². The first-order valence-corrected chi connectivity index (χ1v) is 6.43. The lowest BCUT2D eigenvalue weighted by atomic mass is 10.3. The minimum atomic E-state index is -0.295. The van der Waals surface area contributed by atoms with Crippen LogP contribution in [0.15, 0.2) is 54.0 Å². The van der Waals surface area contributed by atoms with E-state index >= 15 is 0 Å². The van der Waals surface area contributed by atoms with Crippen molar-refractivity contribution in [2.45, 2.75) is 6.92 Å². The van der Waals surface area contributed by atoms with Gasteiger partial charge in [-0.1, -0.05) is 6.07 Å². The molecule has 6 heteroatoms. The van der Waals surface area contributed by atoms with E-state index in [1.165, 1.54) is 0 Å². The van der Waals surface area contributed by atoms with Crippen molar-refractivity contribution in [2.24, 2.45) is 5.10 Å². The van der Waals surface area contributed by atoms with Crippen LogP contribution in [-0.2, 0) is 0 Å². The summed E-state index contributed by atoms with van der Waals surface area (Å²) in [6.45, 7) is 1.80. The fraction of sp³-hybridized carbons (Fsp3) is 0.0667. The molecule has 3 heterocycles. The van der Waals surface area contributed by atoms with Crippen LogP contribution in [0.25, 0.3) is 5.65 Å². The quantitative estimate of drug-likeness (QED) is 0.587. The normalized spacial score (nSPS) is 11.1. The highest BCUT2D eigenvalue weighted by molar-refractivity contribution is 5.95. The van der Waals surface area contributed by atoms with Gasteiger partial charge in [-0.2, -0.15) is 5.10 Å². The van der Waals surface area contributed by atoms with Crippen LogP contribution in [0.1, 0.15) is 21.7 Å². The number of fused-ring (bicyclic) bond motifs is 1. The fourth-order valence-electron chi connectivity index (χ4n) is 2.05. The van der Waals surface area contributed by atoms with Gasteiger partial charge in [0.1, 0.15) is 11.3 Å². The fourth-order valence-corrected chi connectivity index (χ4v) is 2.05. The van der Waals surface area contributed by atoms with Gasteiger partial charge in [0.15, 0.2) is 0 Å². The predicted molar refractivity (Wildman–Crippen MR) is 79.2 cm³/mol. The Kier molecular flexibility index (Phi) is 3.42. The lowest BCUT2D eigenvalue weighted by Gasteiger charge is -2.01. The zero-order chi connectivity index (χ0) is 14.7. The molecule has 0 aliphatic heterocycles. The van der Waals surface area contributed by atoms with Crippen LogP contribution >= 0.6 is 0 Å². The van der Waals surface area contributed by atoms with Gasteiger partial charge in [0.25, 0.3) is 5.91 Å². The van der Waals surface area contributed by atoms with E-state index in [4.69, 9.17) is 0 Å². The first-order chi connectivity index (χ1) is 10.3. The number of carbonyl (C=O) groups excluding carboxylic acids is 1. The monoisotopic (exact) mass is 279 g/mol. The molecule has 0 saturated heterocycles. The molecule has 0 bridgehead atoms. The van der Waals surface area contributed by atoms with Gasteiger partial charge >= 0.3 is 0 Å². The summed E-state index contributed by atoms with van der Waals surface area (Å²) in [6.07, 6.45) is 6.70. The SMILES string of the molecule is Cc1nc2ccccn2c1C(=O)N/N=C/c1ccncc1. The number of amides is 1. The molecule has 0 spiro atoms. The van der Waals surface area contributed by atoms with E-state index < -0.39 is 0 Å². The summed E-state index contributed by atoms with van der Waals surface area (Å²) in [7, 11) is 0. The highest BCUT2D eigenvalue weighted by atomic mass is 16.2. The maximum Gasteiger partial charge on any atom is 0.290 e. The molecule has 0 radical (unpaired) electrons. The molecule has 0 fully saturated rings. The minimum absolute atomic E-state index is 0.295. The van der Waals surface area contributed by atoms with E-state index in [9.17, 15) is 4.79 Å². The zero-order valence-electron chi connectivity index (χ0n) is 11.4. The molecule has 3 aromatic heterocycles. The number of nitrogens with zero attached hydrogens (tertiary/aromatic N) is 4. The summed E-state index contributed by atoms with van der Waals surface area (Å²) >= 11 is 0. The summed E-state index contributed by atoms with van der Waals surface area (Å²) in [5.74, 6) is -0.295. The molecule has 6 nitrogen and oxygen atoms in total. The molecule has 0 unspecified atom stereocenters. The average molecular weight is 279 g/mol. The van der Waals surface area contributed by atoms with Gasteiger partial charge in [-0.05, 0) is 36.8 Å². The van der Waals surface area contributed by atoms with Crippen LogP contribution in [0.5, 0.6) is 0 Å². The summed E-state index contributed by atoms with van der Waals surface area (Å²) < 4.78 is 1.74. The number of aryl methyl sites for hydroxylation is 1. The van der Waals surface area contributed by atoms with Crippen molar-refractivity contribution < 1.29 is 4.79 Å². The molecule has 0 aromatic carbocycles. The molecule has 0 aliphatic rings. The number of hydrazone groups is 1. The van der Waals surface area contributed by atoms with Crippen LogP contribution in [0.2, 0.25) is 0 Å². The summed E-state index contributed by atoms with van der Waals surface area (Å²) in [4.78, 5) is 20.5. The smallest absolute Gasteiger partial charge is 0.290 e. The van der Waals surface area contributed by atoms with Crippen molar-refractivity contribution >= 4 is 17.8 Å². The zero-order valence-corrected chi connectivity index (χ0v) is 11.4. The highest BCUT2D eigenvalue weighted by Crippen LogP contribution is 2.11. The molecule has 3 aromatic rings. The topological polar surface area (TPSA) is 71.7 Å². The Morgan fingerprint density at radius 3 is 2.90 bits per heavy atom. The first-order valence-electron chi connectivity index (χ1n) is 6.43. The number of hydrogen-bond donors (Lipinski definition) is 1. The van der Waals surface area contributed by atoms with E-state index in [0.29, 0.717) is 11.4 Å². The Morgan fingerprint density at radius 2 is 2.10 bits per heavy atom. The lowest BCUT2D eigenvalue weighted by molar-refractivity contribution is 0.0948. The van der Waals surface area contributed by atoms with Gasteiger partial charge in [-0.15, -0.1) is 0 Å². The van der Waals surface area contributed by atoms with Crippen LogP contribution in [0, 0.1) is 6.92 Å². The van der Waals surface area contributed by atoms with Crippen molar-refractivity contribution in [3.8, 4) is 0 Å². The third kappa shape index (κ3) is 2.64. The van der Waals surface area contributed by atoms with Gasteiger partial charge in [0.05, 0.1) is 11.9 Å². The Morgan fingerprint density at radius 1 is 1.29 bits per heavy atom. The van der Waals surface area contributed by atoms with Crippen LogP contribution < -0.4 is 5.43 Å². The summed E-state index contributed by atoms with van der Waals surface area (Å²) in [5.41, 5.74) is 5.26. The third-order valence-corrected chi connectivity index (χ3v) is 3.01. The second-order valence-corrected chi connectivity index (χ2v) is 4.45. The predicted octanol–water partition coefficient (Wildman–Crippen LogP) is 1.80. The Hall–Kier alpha value is -3.02. The van der Waals surface area contributed by atoms with Crippen molar-refractivity contribution in [3.05, 3.63) is 65.9 Å². The number of imidazole rings is 1. The lowest BCUT2D eigenvalue weighted by Crippen LogP contribution is -2.20. The van der Waals surface area contributed by atoms with Gasteiger partial charge in [0, 0.05) is 18.6 Å². The highest BCUT2D eigenvalue weighted by Gasteiger charge is 2.15. The Bertz CT molecular complexity index is 807. The molecule has 0 atom stereocenters. The van der Waals surface area contributed by atoms with Crippen molar-refractivity contribution in [1.82, 2.24) is 19.8 Å². The van der Waals surface area contributed by atoms with Gasteiger partial charge in [0.2, 0.25) is 0 Å². The molecule has 0 saturated carbocycles. The van der Waals surface area contributed by atoms with Crippen molar-refractivity contribution in [3.63, 3.8) is 0 Å². The van der Waals surface area contributed by atoms with E-state index in [1.54, 1.807) is 48.3 Å². The first kappa shape index (κ1) is 13.0. The molecular weight excluding hydrogens is 266 g/mol. The average Bonchev–Trinajstić information content (AvgIpc) is 2.84. The molecular formula is C15H13N5O. The Labute approximate surface area is 121 Å². The number of aromatic nitrogens is 3. The molecule has 1 N–H and O–H groups in total. The standard InChI is InChI=1S/C15H13N5O/c1-11-14(20-9-3-2-4-13(20)18-11)15(21)19-17-10-12-5-7-16-8-6-12/h2-10H,1H3,(H,19,21)/b17-10+. The number of rotatable bonds is 3. The third-order valence-electron chi connectivity index (χ3n) is 3.01. The van der Waals surface area contributed by atoms with E-state index in [1.807, 2.05) is 18.2 Å². The molecule has 104 valence electrons. The number of hydrogen-bond acceptors (Lipinski definition) is 4. The molecule has 1 amide bonds. The van der Waals surface area contributed by atoms with Gasteiger partial charge in [-0.3, -0.25) is 14.2 Å². The molecule has 0 aliphatic carbocycles. The van der Waals surface area contributed by atoms with Crippen molar-refractivity contribution in [2.75, 3.05) is 0 Å². The maximum absolute atomic E-state index is 12.2. The summed E-state index contributed by atoms with van der Waals surface area (Å²) in [5, 5.41) is 3.95. The second kappa shape index (κ2) is 5.54. The number of carbonyl (C=O) groups is 1. The van der Waals surface area contributed by atoms with Gasteiger partial charge < -0.3 is 0 Å². The largest absolute Gasteiger partial charge is 0.295 e. The van der Waals surface area contributed by atoms with Crippen molar-refractivity contribution in [1.29, 1.82) is 0 Å². The number of nitrogens with one attached hydrogen (secondary N) is 1. The number of pyridine rings is 2. The van der Waals surface area contributed by atoms with Crippen LogP contribution in [-0.4, -0.2) is 26.5 Å². The van der Waals surface area contributed by atoms with E-state index in [2.05, 4.69) is 20.5 Å². The maximum atomic E-state index is 12.2. The molecule has 3 rings (SSSR count). The van der Waals surface area contributed by atoms with Crippen LogP contribution in [0.3, 0.4) is 0 Å². The van der Waals surface area contributed by atoms with Crippen LogP contribution in [0.4, 0.5) is 0 Å². The Balaban J connectivity index is 1.82. The minimum Gasteiger partial charge on any atom is -0.295 e. The van der Waals surface area contributed by atoms with Gasteiger partial charge in [-0.25, -0.2) is 10.4 Å². The second-order valence-electron chi connectivity index (χ2n) is 4.45.